The fourth-order valence-corrected chi connectivity index (χ4v) is 2.79. The van der Waals surface area contributed by atoms with Gasteiger partial charge in [-0.2, -0.15) is 4.98 Å². The van der Waals surface area contributed by atoms with Crippen LogP contribution in [0.4, 0.5) is 17.5 Å². The molecule has 1 aromatic carbocycles. The number of benzene rings is 1. The Morgan fingerprint density at radius 1 is 1.23 bits per heavy atom. The number of nitrogens with zero attached hydrogens (tertiary/aromatic N) is 3. The third-order valence-electron chi connectivity index (χ3n) is 3.97. The number of aromatic nitrogens is 2. The lowest BCUT2D eigenvalue weighted by Gasteiger charge is -2.31. The molecular formula is C17H22N4O. The second kappa shape index (κ2) is 6.64. The van der Waals surface area contributed by atoms with Gasteiger partial charge < -0.3 is 15.0 Å². The maximum Gasteiger partial charge on any atom is 0.229 e. The van der Waals surface area contributed by atoms with Crippen LogP contribution in [0.2, 0.25) is 0 Å². The molecule has 2 heterocycles. The van der Waals surface area contributed by atoms with Gasteiger partial charge in [0.2, 0.25) is 5.95 Å². The first-order chi connectivity index (χ1) is 10.7. The summed E-state index contributed by atoms with van der Waals surface area (Å²) in [5, 5.41) is 3.24. The second-order valence-electron chi connectivity index (χ2n) is 5.79. The molecule has 0 amide bonds. The lowest BCUT2D eigenvalue weighted by atomic mass is 10.0. The molecule has 3 rings (SSSR count). The molecule has 0 bridgehead atoms. The van der Waals surface area contributed by atoms with Crippen LogP contribution in [0.5, 0.6) is 5.75 Å². The Morgan fingerprint density at radius 2 is 2.05 bits per heavy atom. The van der Waals surface area contributed by atoms with E-state index in [1.54, 1.807) is 7.11 Å². The van der Waals surface area contributed by atoms with Crippen molar-refractivity contribution in [3.05, 3.63) is 36.5 Å². The predicted octanol–water partition coefficient (Wildman–Crippen LogP) is 3.47. The molecule has 22 heavy (non-hydrogen) atoms. The SMILES string of the molecule is COc1ccc(Nc2nccc(N3CCCC(C)C3)n2)cc1. The maximum absolute atomic E-state index is 5.16. The highest BCUT2D eigenvalue weighted by molar-refractivity contribution is 5.56. The van der Waals surface area contributed by atoms with Crippen molar-refractivity contribution in [3.63, 3.8) is 0 Å². The Labute approximate surface area is 131 Å². The Balaban J connectivity index is 1.72. The first kappa shape index (κ1) is 14.6. The van der Waals surface area contributed by atoms with Crippen LogP contribution in [0.25, 0.3) is 0 Å². The molecule has 0 aliphatic carbocycles. The average molecular weight is 298 g/mol. The summed E-state index contributed by atoms with van der Waals surface area (Å²) in [6.07, 6.45) is 4.35. The monoisotopic (exact) mass is 298 g/mol. The second-order valence-corrected chi connectivity index (χ2v) is 5.79. The van der Waals surface area contributed by atoms with Gasteiger partial charge in [0, 0.05) is 25.0 Å². The maximum atomic E-state index is 5.16. The summed E-state index contributed by atoms with van der Waals surface area (Å²) in [6.45, 7) is 4.44. The summed E-state index contributed by atoms with van der Waals surface area (Å²) in [7, 11) is 1.66. The highest BCUT2D eigenvalue weighted by Gasteiger charge is 2.17. The van der Waals surface area contributed by atoms with Crippen molar-refractivity contribution in [2.24, 2.45) is 5.92 Å². The van der Waals surface area contributed by atoms with Gasteiger partial charge in [0.05, 0.1) is 7.11 Å². The lowest BCUT2D eigenvalue weighted by molar-refractivity contribution is 0.415. The third kappa shape index (κ3) is 3.47. The van der Waals surface area contributed by atoms with Crippen LogP contribution in [-0.4, -0.2) is 30.2 Å². The van der Waals surface area contributed by atoms with E-state index < -0.39 is 0 Å². The summed E-state index contributed by atoms with van der Waals surface area (Å²) < 4.78 is 5.16. The molecule has 116 valence electrons. The number of methoxy groups -OCH3 is 1. The molecule has 1 aliphatic rings. The highest BCUT2D eigenvalue weighted by Crippen LogP contribution is 2.23. The minimum Gasteiger partial charge on any atom is -0.497 e. The normalized spacial score (nSPS) is 18.1. The molecule has 1 saturated heterocycles. The largest absolute Gasteiger partial charge is 0.497 e. The van der Waals surface area contributed by atoms with Gasteiger partial charge in [-0.3, -0.25) is 0 Å². The first-order valence-corrected chi connectivity index (χ1v) is 7.73. The van der Waals surface area contributed by atoms with Crippen molar-refractivity contribution >= 4 is 17.5 Å². The van der Waals surface area contributed by atoms with Gasteiger partial charge in [0.1, 0.15) is 11.6 Å². The van der Waals surface area contributed by atoms with E-state index in [1.807, 2.05) is 36.5 Å². The summed E-state index contributed by atoms with van der Waals surface area (Å²) >= 11 is 0. The molecule has 0 radical (unpaired) electrons. The summed E-state index contributed by atoms with van der Waals surface area (Å²) in [6, 6.07) is 9.73. The van der Waals surface area contributed by atoms with E-state index in [0.29, 0.717) is 5.95 Å². The van der Waals surface area contributed by atoms with Crippen LogP contribution >= 0.6 is 0 Å². The Morgan fingerprint density at radius 3 is 2.77 bits per heavy atom. The van der Waals surface area contributed by atoms with Gasteiger partial charge >= 0.3 is 0 Å². The van der Waals surface area contributed by atoms with Crippen LogP contribution in [0.3, 0.4) is 0 Å². The minimum absolute atomic E-state index is 0.626. The topological polar surface area (TPSA) is 50.3 Å². The zero-order valence-corrected chi connectivity index (χ0v) is 13.1. The van der Waals surface area contributed by atoms with E-state index in [2.05, 4.69) is 27.1 Å². The van der Waals surface area contributed by atoms with Crippen molar-refractivity contribution in [2.75, 3.05) is 30.4 Å². The van der Waals surface area contributed by atoms with Crippen molar-refractivity contribution in [1.29, 1.82) is 0 Å². The van der Waals surface area contributed by atoms with E-state index in [9.17, 15) is 0 Å². The van der Waals surface area contributed by atoms with E-state index >= 15 is 0 Å². The molecule has 1 unspecified atom stereocenters. The Kier molecular flexibility index (Phi) is 4.42. The van der Waals surface area contributed by atoms with Crippen LogP contribution in [0.15, 0.2) is 36.5 Å². The van der Waals surface area contributed by atoms with E-state index in [-0.39, 0.29) is 0 Å². The number of piperidine rings is 1. The van der Waals surface area contributed by atoms with E-state index in [0.717, 1.165) is 36.3 Å². The molecule has 5 nitrogen and oxygen atoms in total. The average Bonchev–Trinajstić information content (AvgIpc) is 2.56. The summed E-state index contributed by atoms with van der Waals surface area (Å²) in [4.78, 5) is 11.3. The number of ether oxygens (including phenoxy) is 1. The lowest BCUT2D eigenvalue weighted by Crippen LogP contribution is -2.34. The fourth-order valence-electron chi connectivity index (χ4n) is 2.79. The highest BCUT2D eigenvalue weighted by atomic mass is 16.5. The molecule has 1 aromatic heterocycles. The van der Waals surface area contributed by atoms with Crippen LogP contribution < -0.4 is 15.0 Å². The van der Waals surface area contributed by atoms with Gasteiger partial charge in [-0.25, -0.2) is 4.98 Å². The van der Waals surface area contributed by atoms with Crippen LogP contribution in [-0.2, 0) is 0 Å². The number of hydrogen-bond acceptors (Lipinski definition) is 5. The standard InChI is InChI=1S/C17H22N4O/c1-13-4-3-11-21(12-13)16-9-10-18-17(20-16)19-14-5-7-15(22-2)8-6-14/h5-10,13H,3-4,11-12H2,1-2H3,(H,18,19,20). The van der Waals surface area contributed by atoms with E-state index in [4.69, 9.17) is 4.74 Å². The molecule has 0 spiro atoms. The number of nitrogens with one attached hydrogen (secondary N) is 1. The number of hydrogen-bond donors (Lipinski definition) is 1. The molecule has 1 atom stereocenters. The van der Waals surface area contributed by atoms with Crippen molar-refractivity contribution in [1.82, 2.24) is 9.97 Å². The molecule has 1 N–H and O–H groups in total. The first-order valence-electron chi connectivity index (χ1n) is 7.73. The third-order valence-corrected chi connectivity index (χ3v) is 3.97. The molecule has 1 aliphatic heterocycles. The van der Waals surface area contributed by atoms with Gasteiger partial charge in [-0.15, -0.1) is 0 Å². The number of rotatable bonds is 4. The molecule has 0 saturated carbocycles. The molecular weight excluding hydrogens is 276 g/mol. The predicted molar refractivity (Wildman–Crippen MR) is 88.9 cm³/mol. The smallest absolute Gasteiger partial charge is 0.229 e. The van der Waals surface area contributed by atoms with Crippen LogP contribution in [0, 0.1) is 5.92 Å². The zero-order valence-electron chi connectivity index (χ0n) is 13.1. The summed E-state index contributed by atoms with van der Waals surface area (Å²) in [5.74, 6) is 3.18. The van der Waals surface area contributed by atoms with Crippen molar-refractivity contribution < 1.29 is 4.74 Å². The Hall–Kier alpha value is -2.30. The van der Waals surface area contributed by atoms with Gasteiger partial charge in [0.25, 0.3) is 0 Å². The number of anilines is 3. The van der Waals surface area contributed by atoms with Crippen LogP contribution in [0.1, 0.15) is 19.8 Å². The fraction of sp³-hybridized carbons (Fsp3) is 0.412. The van der Waals surface area contributed by atoms with Crippen molar-refractivity contribution in [3.8, 4) is 5.75 Å². The minimum atomic E-state index is 0.626. The Bertz CT molecular complexity index is 614. The van der Waals surface area contributed by atoms with Crippen molar-refractivity contribution in [2.45, 2.75) is 19.8 Å². The molecule has 1 fully saturated rings. The molecule has 2 aromatic rings. The van der Waals surface area contributed by atoms with Gasteiger partial charge in [-0.05, 0) is 49.1 Å². The van der Waals surface area contributed by atoms with Gasteiger partial charge in [-0.1, -0.05) is 6.92 Å². The summed E-state index contributed by atoms with van der Waals surface area (Å²) in [5.41, 5.74) is 0.949. The zero-order chi connectivity index (χ0) is 15.4. The van der Waals surface area contributed by atoms with E-state index in [1.165, 1.54) is 12.8 Å². The quantitative estimate of drug-likeness (QED) is 0.936. The van der Waals surface area contributed by atoms with Gasteiger partial charge in [0.15, 0.2) is 0 Å². The molecule has 5 heteroatoms.